The molecule has 2 aliphatic carbocycles. The zero-order chi connectivity index (χ0) is 19.8. The molecule has 0 unspecified atom stereocenters. The molecule has 4 rings (SSSR count). The fourth-order valence-electron chi connectivity index (χ4n) is 4.66. The van der Waals surface area contributed by atoms with Crippen molar-refractivity contribution < 1.29 is 33.4 Å². The van der Waals surface area contributed by atoms with Crippen LogP contribution in [0.3, 0.4) is 0 Å². The second-order valence-electron chi connectivity index (χ2n) is 7.38. The summed E-state index contributed by atoms with van der Waals surface area (Å²) in [5.74, 6) is -2.48. The molecule has 28 heavy (non-hydrogen) atoms. The van der Waals surface area contributed by atoms with Gasteiger partial charge in [-0.1, -0.05) is 0 Å². The minimum Gasteiger partial charge on any atom is -0.462 e. The van der Waals surface area contributed by atoms with E-state index in [1.165, 1.54) is 12.1 Å². The van der Waals surface area contributed by atoms with Gasteiger partial charge in [-0.25, -0.2) is 4.79 Å². The molecule has 0 radical (unpaired) electrons. The molecule has 2 saturated carbocycles. The number of rotatable bonds is 6. The molecule has 1 aliphatic heterocycles. The standard InChI is InChI=1S/C20H21NO7/c1-2-26-18(23)10-3-5-12(6-4-10)21-15(22)9-27-19(24)16-11-7-13-14(8-11)28-20(25)17(13)16/h3-6,11,13-14,16-17H,2,7-9H2,1H3,(H,21,22)/t11-,13+,14-,16-,17+/m1/s1. The third-order valence-corrected chi connectivity index (χ3v) is 5.78. The first-order valence-electron chi connectivity index (χ1n) is 9.42. The van der Waals surface area contributed by atoms with Crippen molar-refractivity contribution in [3.05, 3.63) is 29.8 Å². The highest BCUT2D eigenvalue weighted by Crippen LogP contribution is 2.57. The van der Waals surface area contributed by atoms with Crippen molar-refractivity contribution in [1.82, 2.24) is 0 Å². The van der Waals surface area contributed by atoms with Crippen molar-refractivity contribution in [3.63, 3.8) is 0 Å². The molecule has 8 nitrogen and oxygen atoms in total. The van der Waals surface area contributed by atoms with Crippen LogP contribution in [-0.2, 0) is 28.6 Å². The summed E-state index contributed by atoms with van der Waals surface area (Å²) < 4.78 is 15.4. The largest absolute Gasteiger partial charge is 0.462 e. The van der Waals surface area contributed by atoms with E-state index in [2.05, 4.69) is 5.32 Å². The highest BCUT2D eigenvalue weighted by molar-refractivity contribution is 5.95. The quantitative estimate of drug-likeness (QED) is 0.583. The maximum Gasteiger partial charge on any atom is 0.338 e. The topological polar surface area (TPSA) is 108 Å². The van der Waals surface area contributed by atoms with Crippen LogP contribution < -0.4 is 5.32 Å². The van der Waals surface area contributed by atoms with Gasteiger partial charge < -0.3 is 19.5 Å². The number of amides is 1. The molecule has 5 atom stereocenters. The van der Waals surface area contributed by atoms with Gasteiger partial charge in [-0.15, -0.1) is 0 Å². The lowest BCUT2D eigenvalue weighted by atomic mass is 9.80. The number of hydrogen-bond donors (Lipinski definition) is 1. The number of fused-ring (bicyclic) bond motifs is 1. The van der Waals surface area contributed by atoms with E-state index in [-0.39, 0.29) is 30.5 Å². The zero-order valence-corrected chi connectivity index (χ0v) is 15.4. The summed E-state index contributed by atoms with van der Waals surface area (Å²) in [5.41, 5.74) is 0.848. The van der Waals surface area contributed by atoms with Crippen LogP contribution in [0, 0.1) is 23.7 Å². The van der Waals surface area contributed by atoms with E-state index in [0.29, 0.717) is 17.7 Å². The van der Waals surface area contributed by atoms with E-state index < -0.39 is 36.3 Å². The molecule has 0 spiro atoms. The van der Waals surface area contributed by atoms with Gasteiger partial charge in [0.1, 0.15) is 6.10 Å². The average Bonchev–Trinajstić information content (AvgIpc) is 3.29. The highest BCUT2D eigenvalue weighted by Gasteiger charge is 2.64. The number of carbonyl (C=O) groups excluding carboxylic acids is 4. The van der Waals surface area contributed by atoms with Crippen molar-refractivity contribution in [1.29, 1.82) is 0 Å². The van der Waals surface area contributed by atoms with Crippen molar-refractivity contribution >= 4 is 29.5 Å². The Bertz CT molecular complexity index is 816. The Morgan fingerprint density at radius 2 is 1.89 bits per heavy atom. The number of benzene rings is 1. The first-order chi connectivity index (χ1) is 13.5. The highest BCUT2D eigenvalue weighted by atomic mass is 16.6. The molecule has 3 fully saturated rings. The maximum atomic E-state index is 12.4. The molecule has 0 aromatic heterocycles. The molecule has 1 N–H and O–H groups in total. The Hall–Kier alpha value is -2.90. The van der Waals surface area contributed by atoms with Crippen LogP contribution >= 0.6 is 0 Å². The predicted molar refractivity (Wildman–Crippen MR) is 95.1 cm³/mol. The van der Waals surface area contributed by atoms with Crippen LogP contribution in [-0.4, -0.2) is 43.1 Å². The van der Waals surface area contributed by atoms with E-state index in [1.807, 2.05) is 0 Å². The number of hydrogen-bond acceptors (Lipinski definition) is 7. The molecule has 8 heteroatoms. The number of ether oxygens (including phenoxy) is 3. The fraction of sp³-hybridized carbons (Fsp3) is 0.500. The normalized spacial score (nSPS) is 29.3. The first kappa shape index (κ1) is 18.5. The average molecular weight is 387 g/mol. The van der Waals surface area contributed by atoms with Gasteiger partial charge in [-0.05, 0) is 49.9 Å². The summed E-state index contributed by atoms with van der Waals surface area (Å²) in [6, 6.07) is 6.21. The number of nitrogens with one attached hydrogen (secondary N) is 1. The summed E-state index contributed by atoms with van der Waals surface area (Å²) in [4.78, 5) is 48.1. The Morgan fingerprint density at radius 1 is 1.14 bits per heavy atom. The van der Waals surface area contributed by atoms with Crippen molar-refractivity contribution in [3.8, 4) is 0 Å². The molecular weight excluding hydrogens is 366 g/mol. The molecule has 3 aliphatic rings. The molecule has 1 heterocycles. The van der Waals surface area contributed by atoms with Crippen LogP contribution in [0.4, 0.5) is 5.69 Å². The molecule has 1 aromatic rings. The van der Waals surface area contributed by atoms with Gasteiger partial charge >= 0.3 is 17.9 Å². The minimum absolute atomic E-state index is 0.0487. The lowest BCUT2D eigenvalue weighted by Crippen LogP contribution is -2.34. The second kappa shape index (κ2) is 7.26. The first-order valence-corrected chi connectivity index (χ1v) is 9.42. The van der Waals surface area contributed by atoms with Crippen LogP contribution in [0.5, 0.6) is 0 Å². The summed E-state index contributed by atoms with van der Waals surface area (Å²) in [5, 5.41) is 2.60. The molecule has 148 valence electrons. The Balaban J connectivity index is 1.28. The van der Waals surface area contributed by atoms with Gasteiger partial charge in [0.25, 0.3) is 5.91 Å². The summed E-state index contributed by atoms with van der Waals surface area (Å²) in [6.07, 6.45) is 1.46. The van der Waals surface area contributed by atoms with E-state index >= 15 is 0 Å². The molecule has 1 amide bonds. The van der Waals surface area contributed by atoms with Crippen molar-refractivity contribution in [2.24, 2.45) is 23.7 Å². The van der Waals surface area contributed by atoms with Crippen molar-refractivity contribution in [2.75, 3.05) is 18.5 Å². The monoisotopic (exact) mass is 387 g/mol. The van der Waals surface area contributed by atoms with Crippen LogP contribution in [0.25, 0.3) is 0 Å². The SMILES string of the molecule is CCOC(=O)c1ccc(NC(=O)COC(=O)[C@@H]2[C@@H]3C[C@@H]4[C@@H]2C(=O)O[C@@H]4C3)cc1. The zero-order valence-electron chi connectivity index (χ0n) is 15.4. The fourth-order valence-corrected chi connectivity index (χ4v) is 4.66. The summed E-state index contributed by atoms with van der Waals surface area (Å²) in [7, 11) is 0. The van der Waals surface area contributed by atoms with Crippen LogP contribution in [0.1, 0.15) is 30.1 Å². The number of anilines is 1. The van der Waals surface area contributed by atoms with E-state index in [0.717, 1.165) is 6.42 Å². The molecule has 2 bridgehead atoms. The van der Waals surface area contributed by atoms with Gasteiger partial charge in [0, 0.05) is 11.6 Å². The Labute approximate surface area is 161 Å². The summed E-state index contributed by atoms with van der Waals surface area (Å²) >= 11 is 0. The van der Waals surface area contributed by atoms with Crippen LogP contribution in [0.15, 0.2) is 24.3 Å². The minimum atomic E-state index is -0.511. The molecule has 1 saturated heterocycles. The van der Waals surface area contributed by atoms with Gasteiger partial charge in [0.05, 0.1) is 24.0 Å². The lowest BCUT2D eigenvalue weighted by molar-refractivity contribution is -0.157. The maximum absolute atomic E-state index is 12.4. The van der Waals surface area contributed by atoms with Gasteiger partial charge in [-0.3, -0.25) is 14.4 Å². The van der Waals surface area contributed by atoms with Gasteiger partial charge in [-0.2, -0.15) is 0 Å². The molecular formula is C20H21NO7. The second-order valence-corrected chi connectivity index (χ2v) is 7.38. The lowest BCUT2D eigenvalue weighted by Gasteiger charge is -2.22. The third kappa shape index (κ3) is 3.23. The Kier molecular flexibility index (Phi) is 4.78. The smallest absolute Gasteiger partial charge is 0.338 e. The van der Waals surface area contributed by atoms with E-state index in [9.17, 15) is 19.2 Å². The number of esters is 3. The third-order valence-electron chi connectivity index (χ3n) is 5.78. The van der Waals surface area contributed by atoms with Gasteiger partial charge in [0.15, 0.2) is 6.61 Å². The predicted octanol–water partition coefficient (Wildman–Crippen LogP) is 1.54. The van der Waals surface area contributed by atoms with E-state index in [1.54, 1.807) is 19.1 Å². The van der Waals surface area contributed by atoms with E-state index in [4.69, 9.17) is 14.2 Å². The Morgan fingerprint density at radius 3 is 2.61 bits per heavy atom. The van der Waals surface area contributed by atoms with Crippen molar-refractivity contribution in [2.45, 2.75) is 25.9 Å². The van der Waals surface area contributed by atoms with Gasteiger partial charge in [0.2, 0.25) is 0 Å². The van der Waals surface area contributed by atoms with Crippen LogP contribution in [0.2, 0.25) is 0 Å². The molecule has 1 aromatic carbocycles. The number of carbonyl (C=O) groups is 4. The summed E-state index contributed by atoms with van der Waals surface area (Å²) in [6.45, 7) is 1.57.